The lowest BCUT2D eigenvalue weighted by atomic mass is 10.3. The van der Waals surface area contributed by atoms with Gasteiger partial charge in [0, 0.05) is 12.4 Å². The molecule has 2 heterocycles. The first-order valence-electron chi connectivity index (χ1n) is 6.63. The smallest absolute Gasteiger partial charge is 0.139 e. The average molecular weight is 300 g/mol. The molecule has 0 spiro atoms. The van der Waals surface area contributed by atoms with Crippen molar-refractivity contribution >= 4 is 16.4 Å². The monoisotopic (exact) mass is 300 g/mol. The van der Waals surface area contributed by atoms with Crippen LogP contribution in [0.15, 0.2) is 53.7 Å². The molecule has 0 aliphatic rings. The summed E-state index contributed by atoms with van der Waals surface area (Å²) in [4.78, 5) is 5.26. The van der Waals surface area contributed by atoms with Crippen LogP contribution >= 0.6 is 0 Å². The SMILES string of the molecule is COc1ccccc1S(=O)Cc1cn2cccc(C)c2n1. The summed E-state index contributed by atoms with van der Waals surface area (Å²) in [6, 6.07) is 11.4. The van der Waals surface area contributed by atoms with E-state index in [-0.39, 0.29) is 0 Å². The van der Waals surface area contributed by atoms with Gasteiger partial charge in [0.2, 0.25) is 0 Å². The first kappa shape index (κ1) is 13.8. The van der Waals surface area contributed by atoms with Gasteiger partial charge in [0.1, 0.15) is 11.4 Å². The molecule has 0 saturated heterocycles. The molecule has 1 unspecified atom stereocenters. The van der Waals surface area contributed by atoms with Crippen molar-refractivity contribution in [2.45, 2.75) is 17.6 Å². The quantitative estimate of drug-likeness (QED) is 0.744. The minimum atomic E-state index is -1.18. The van der Waals surface area contributed by atoms with Gasteiger partial charge in [-0.3, -0.25) is 4.21 Å². The van der Waals surface area contributed by atoms with Gasteiger partial charge >= 0.3 is 0 Å². The maximum atomic E-state index is 12.5. The van der Waals surface area contributed by atoms with E-state index < -0.39 is 10.8 Å². The van der Waals surface area contributed by atoms with Crippen molar-refractivity contribution in [2.24, 2.45) is 0 Å². The lowest BCUT2D eigenvalue weighted by Gasteiger charge is -2.06. The molecule has 0 bridgehead atoms. The molecule has 0 aliphatic heterocycles. The molecule has 0 fully saturated rings. The predicted molar refractivity (Wildman–Crippen MR) is 83.0 cm³/mol. The Kier molecular flexibility index (Phi) is 3.75. The van der Waals surface area contributed by atoms with Crippen LogP contribution in [0.5, 0.6) is 5.75 Å². The second kappa shape index (κ2) is 5.69. The van der Waals surface area contributed by atoms with Crippen molar-refractivity contribution in [1.82, 2.24) is 9.38 Å². The topological polar surface area (TPSA) is 43.6 Å². The normalized spacial score (nSPS) is 12.5. The van der Waals surface area contributed by atoms with Gasteiger partial charge in [-0.1, -0.05) is 18.2 Å². The van der Waals surface area contributed by atoms with E-state index in [9.17, 15) is 4.21 Å². The van der Waals surface area contributed by atoms with Crippen molar-refractivity contribution in [3.63, 3.8) is 0 Å². The summed E-state index contributed by atoms with van der Waals surface area (Å²) < 4.78 is 19.8. The highest BCUT2D eigenvalue weighted by molar-refractivity contribution is 7.84. The summed E-state index contributed by atoms with van der Waals surface area (Å²) in [7, 11) is 0.408. The van der Waals surface area contributed by atoms with E-state index in [1.54, 1.807) is 7.11 Å². The summed E-state index contributed by atoms with van der Waals surface area (Å²) in [6.07, 6.45) is 3.88. The van der Waals surface area contributed by atoms with Gasteiger partial charge in [0.05, 0.1) is 34.3 Å². The molecule has 0 radical (unpaired) electrons. The van der Waals surface area contributed by atoms with Gasteiger partial charge in [0.25, 0.3) is 0 Å². The number of methoxy groups -OCH3 is 1. The van der Waals surface area contributed by atoms with Gasteiger partial charge in [-0.05, 0) is 30.7 Å². The number of hydrogen-bond donors (Lipinski definition) is 0. The Labute approximate surface area is 125 Å². The van der Waals surface area contributed by atoms with Crippen LogP contribution in [0.1, 0.15) is 11.3 Å². The summed E-state index contributed by atoms with van der Waals surface area (Å²) in [6.45, 7) is 2.02. The van der Waals surface area contributed by atoms with Gasteiger partial charge in [0.15, 0.2) is 0 Å². The number of benzene rings is 1. The fourth-order valence-electron chi connectivity index (χ4n) is 2.29. The van der Waals surface area contributed by atoms with E-state index in [1.807, 2.05) is 60.1 Å². The predicted octanol–water partition coefficient (Wildman–Crippen LogP) is 2.96. The van der Waals surface area contributed by atoms with Crippen molar-refractivity contribution < 1.29 is 8.95 Å². The van der Waals surface area contributed by atoms with Crippen LogP contribution in [0.3, 0.4) is 0 Å². The molecule has 3 rings (SSSR count). The molecule has 108 valence electrons. The van der Waals surface area contributed by atoms with Gasteiger partial charge in [-0.2, -0.15) is 0 Å². The van der Waals surface area contributed by atoms with Crippen molar-refractivity contribution in [3.8, 4) is 5.75 Å². The summed E-state index contributed by atoms with van der Waals surface area (Å²) in [5.41, 5.74) is 2.82. The Morgan fingerprint density at radius 1 is 1.24 bits per heavy atom. The molecule has 0 saturated carbocycles. The van der Waals surface area contributed by atoms with Crippen LogP contribution in [0, 0.1) is 6.92 Å². The number of imidazole rings is 1. The van der Waals surface area contributed by atoms with Gasteiger partial charge < -0.3 is 9.14 Å². The Morgan fingerprint density at radius 3 is 2.81 bits per heavy atom. The Morgan fingerprint density at radius 2 is 2.05 bits per heavy atom. The van der Waals surface area contributed by atoms with Crippen LogP contribution in [0.4, 0.5) is 0 Å². The van der Waals surface area contributed by atoms with E-state index >= 15 is 0 Å². The summed E-state index contributed by atoms with van der Waals surface area (Å²) in [5.74, 6) is 1.03. The largest absolute Gasteiger partial charge is 0.495 e. The zero-order valence-corrected chi connectivity index (χ0v) is 12.8. The zero-order valence-electron chi connectivity index (χ0n) is 11.9. The lowest BCUT2D eigenvalue weighted by molar-refractivity contribution is 0.404. The van der Waals surface area contributed by atoms with E-state index in [4.69, 9.17) is 4.74 Å². The van der Waals surface area contributed by atoms with Crippen LogP contribution in [0.25, 0.3) is 5.65 Å². The molecule has 0 amide bonds. The average Bonchev–Trinajstić information content (AvgIpc) is 2.91. The van der Waals surface area contributed by atoms with Crippen LogP contribution in [0.2, 0.25) is 0 Å². The minimum absolute atomic E-state index is 0.376. The third-order valence-electron chi connectivity index (χ3n) is 3.32. The van der Waals surface area contributed by atoms with E-state index in [1.165, 1.54) is 0 Å². The highest BCUT2D eigenvalue weighted by Gasteiger charge is 2.13. The first-order valence-corrected chi connectivity index (χ1v) is 7.95. The fraction of sp³-hybridized carbons (Fsp3) is 0.188. The standard InChI is InChI=1S/C16H16N2O2S/c1-12-6-5-9-18-10-13(17-16(12)18)11-21(19)15-8-4-3-7-14(15)20-2/h3-10H,11H2,1-2H3. The molecule has 5 heteroatoms. The van der Waals surface area contributed by atoms with Crippen molar-refractivity contribution in [3.05, 3.63) is 60.0 Å². The Balaban J connectivity index is 1.91. The minimum Gasteiger partial charge on any atom is -0.495 e. The van der Waals surface area contributed by atoms with Crippen molar-refractivity contribution in [2.75, 3.05) is 7.11 Å². The third-order valence-corrected chi connectivity index (χ3v) is 4.71. The summed E-state index contributed by atoms with van der Waals surface area (Å²) in [5, 5.41) is 0. The Hall–Kier alpha value is -2.14. The number of pyridine rings is 1. The molecule has 2 aromatic heterocycles. The molecule has 0 aliphatic carbocycles. The molecule has 1 aromatic carbocycles. The van der Waals surface area contributed by atoms with Crippen LogP contribution in [-0.4, -0.2) is 20.7 Å². The van der Waals surface area contributed by atoms with Gasteiger partial charge in [-0.25, -0.2) is 4.98 Å². The molecule has 1 atom stereocenters. The van der Waals surface area contributed by atoms with E-state index in [0.717, 1.165) is 16.9 Å². The molecule has 3 aromatic rings. The van der Waals surface area contributed by atoms with Crippen molar-refractivity contribution in [1.29, 1.82) is 0 Å². The Bertz CT molecular complexity index is 811. The lowest BCUT2D eigenvalue weighted by Crippen LogP contribution is -1.99. The number of nitrogens with zero attached hydrogens (tertiary/aromatic N) is 2. The first-order chi connectivity index (χ1) is 10.2. The summed E-state index contributed by atoms with van der Waals surface area (Å²) >= 11 is 0. The number of aromatic nitrogens is 2. The maximum absolute atomic E-state index is 12.5. The molecule has 21 heavy (non-hydrogen) atoms. The zero-order chi connectivity index (χ0) is 14.8. The fourth-order valence-corrected chi connectivity index (χ4v) is 3.46. The number of fused-ring (bicyclic) bond motifs is 1. The second-order valence-corrected chi connectivity index (χ2v) is 6.21. The molecule has 4 nitrogen and oxygen atoms in total. The maximum Gasteiger partial charge on any atom is 0.139 e. The van der Waals surface area contributed by atoms with Crippen LogP contribution < -0.4 is 4.74 Å². The van der Waals surface area contributed by atoms with Gasteiger partial charge in [-0.15, -0.1) is 0 Å². The van der Waals surface area contributed by atoms with E-state index in [2.05, 4.69) is 4.98 Å². The number of hydrogen-bond acceptors (Lipinski definition) is 3. The van der Waals surface area contributed by atoms with Crippen LogP contribution in [-0.2, 0) is 16.6 Å². The second-order valence-electron chi connectivity index (χ2n) is 4.80. The third kappa shape index (κ3) is 2.69. The number of para-hydroxylation sites is 1. The molecule has 0 N–H and O–H groups in total. The van der Waals surface area contributed by atoms with E-state index in [0.29, 0.717) is 16.4 Å². The number of rotatable bonds is 4. The molecular formula is C16H16N2O2S. The number of ether oxygens (including phenoxy) is 1. The molecular weight excluding hydrogens is 284 g/mol. The highest BCUT2D eigenvalue weighted by atomic mass is 32.2. The highest BCUT2D eigenvalue weighted by Crippen LogP contribution is 2.23. The number of aryl methyl sites for hydroxylation is 1.